The number of nitrogens with one attached hydrogen (secondary N) is 1. The molecule has 24 heavy (non-hydrogen) atoms. The fraction of sp³-hybridized carbons (Fsp3) is 0.0526. The van der Waals surface area contributed by atoms with E-state index in [0.29, 0.717) is 15.1 Å². The molecule has 1 heterocycles. The number of carbonyl (C=O) groups excluding carboxylic acids is 1. The number of nitrogens with zero attached hydrogens (tertiary/aromatic N) is 1. The largest absolute Gasteiger partial charge is 0.300 e. The van der Waals surface area contributed by atoms with Gasteiger partial charge in [-0.05, 0) is 48.0 Å². The van der Waals surface area contributed by atoms with Gasteiger partial charge in [0.1, 0.15) is 0 Å². The molecular weight excluding hydrogens is 340 g/mol. The molecule has 120 valence electrons. The number of allylic oxidation sites excluding steroid dienone is 2. The summed E-state index contributed by atoms with van der Waals surface area (Å²) in [7, 11) is 0. The number of amides is 1. The van der Waals surface area contributed by atoms with Gasteiger partial charge in [-0.2, -0.15) is 0 Å². The van der Waals surface area contributed by atoms with Gasteiger partial charge in [0, 0.05) is 5.02 Å². The van der Waals surface area contributed by atoms with Gasteiger partial charge in [0.15, 0.2) is 5.17 Å². The van der Waals surface area contributed by atoms with Crippen LogP contribution in [0.3, 0.4) is 0 Å². The maximum absolute atomic E-state index is 12.0. The Bertz CT molecular complexity index is 857. The van der Waals surface area contributed by atoms with E-state index in [1.54, 1.807) is 12.1 Å². The normalized spacial score (nSPS) is 17.8. The minimum Gasteiger partial charge on any atom is -0.300 e. The molecule has 0 aromatic heterocycles. The smallest absolute Gasteiger partial charge is 0.264 e. The highest BCUT2D eigenvalue weighted by Crippen LogP contribution is 2.28. The minimum atomic E-state index is -0.144. The summed E-state index contributed by atoms with van der Waals surface area (Å²) in [5.41, 5.74) is 2.80. The molecule has 0 bridgehead atoms. The van der Waals surface area contributed by atoms with Crippen LogP contribution in [-0.4, -0.2) is 11.1 Å². The second-order valence-electron chi connectivity index (χ2n) is 5.21. The van der Waals surface area contributed by atoms with Crippen molar-refractivity contribution in [2.45, 2.75) is 6.92 Å². The molecule has 0 aliphatic carbocycles. The van der Waals surface area contributed by atoms with Gasteiger partial charge in [0.05, 0.1) is 10.6 Å². The number of amidine groups is 1. The van der Waals surface area contributed by atoms with Crippen molar-refractivity contribution < 1.29 is 4.79 Å². The van der Waals surface area contributed by atoms with Gasteiger partial charge in [0.2, 0.25) is 0 Å². The first-order valence-electron chi connectivity index (χ1n) is 7.39. The van der Waals surface area contributed by atoms with Crippen LogP contribution in [0.25, 0.3) is 6.08 Å². The summed E-state index contributed by atoms with van der Waals surface area (Å²) in [6, 6.07) is 15.5. The summed E-state index contributed by atoms with van der Waals surface area (Å²) in [6.07, 6.45) is 5.61. The lowest BCUT2D eigenvalue weighted by Crippen LogP contribution is -2.19. The molecule has 0 radical (unpaired) electrons. The van der Waals surface area contributed by atoms with E-state index < -0.39 is 0 Å². The standard InChI is InChI=1S/C19H15ClN2OS/c1-13-10-11-15(12-16(13)20)21-19-22-18(23)17(24-19)9-5-8-14-6-3-2-4-7-14/h2-12H,1H3,(H,21,22,23)/b8-5+,17-9-. The van der Waals surface area contributed by atoms with Crippen LogP contribution in [-0.2, 0) is 4.79 Å². The molecule has 5 heteroatoms. The maximum Gasteiger partial charge on any atom is 0.264 e. The number of benzene rings is 2. The third kappa shape index (κ3) is 4.16. The summed E-state index contributed by atoms with van der Waals surface area (Å²) >= 11 is 7.41. The van der Waals surface area contributed by atoms with Crippen LogP contribution in [0.1, 0.15) is 11.1 Å². The molecule has 0 saturated carbocycles. The van der Waals surface area contributed by atoms with Crippen LogP contribution in [0.15, 0.2) is 70.6 Å². The van der Waals surface area contributed by atoms with Gasteiger partial charge < -0.3 is 5.32 Å². The van der Waals surface area contributed by atoms with Crippen molar-refractivity contribution in [1.29, 1.82) is 0 Å². The molecule has 1 aliphatic rings. The van der Waals surface area contributed by atoms with Gasteiger partial charge in [-0.25, -0.2) is 4.99 Å². The van der Waals surface area contributed by atoms with Gasteiger partial charge in [-0.15, -0.1) is 0 Å². The predicted molar refractivity (Wildman–Crippen MR) is 103 cm³/mol. The summed E-state index contributed by atoms with van der Waals surface area (Å²) in [4.78, 5) is 17.0. The third-order valence-corrected chi connectivity index (χ3v) is 4.71. The molecule has 1 saturated heterocycles. The molecule has 1 fully saturated rings. The van der Waals surface area contributed by atoms with Crippen LogP contribution < -0.4 is 5.32 Å². The van der Waals surface area contributed by atoms with E-state index in [9.17, 15) is 4.79 Å². The lowest BCUT2D eigenvalue weighted by molar-refractivity contribution is -0.115. The van der Waals surface area contributed by atoms with Crippen LogP contribution in [0.4, 0.5) is 5.69 Å². The van der Waals surface area contributed by atoms with Crippen molar-refractivity contribution in [3.8, 4) is 0 Å². The molecule has 1 amide bonds. The van der Waals surface area contributed by atoms with E-state index in [2.05, 4.69) is 10.3 Å². The zero-order valence-corrected chi connectivity index (χ0v) is 14.6. The Morgan fingerprint density at radius 1 is 1.17 bits per heavy atom. The number of hydrogen-bond donors (Lipinski definition) is 1. The van der Waals surface area contributed by atoms with Crippen molar-refractivity contribution in [1.82, 2.24) is 5.32 Å². The Hall–Kier alpha value is -2.30. The lowest BCUT2D eigenvalue weighted by Gasteiger charge is -2.00. The van der Waals surface area contributed by atoms with E-state index in [1.807, 2.05) is 61.5 Å². The second-order valence-corrected chi connectivity index (χ2v) is 6.65. The molecule has 1 aliphatic heterocycles. The number of halogens is 1. The van der Waals surface area contributed by atoms with E-state index in [1.165, 1.54) is 11.8 Å². The van der Waals surface area contributed by atoms with E-state index in [0.717, 1.165) is 16.8 Å². The first-order chi connectivity index (χ1) is 11.6. The fourth-order valence-corrected chi connectivity index (χ4v) is 3.04. The van der Waals surface area contributed by atoms with E-state index in [4.69, 9.17) is 11.6 Å². The number of thioether (sulfide) groups is 1. The van der Waals surface area contributed by atoms with Crippen molar-refractivity contribution >= 4 is 46.2 Å². The number of hydrogen-bond acceptors (Lipinski definition) is 3. The summed E-state index contributed by atoms with van der Waals surface area (Å²) in [5, 5.41) is 3.98. The first-order valence-corrected chi connectivity index (χ1v) is 8.59. The first kappa shape index (κ1) is 16.6. The molecule has 1 N–H and O–H groups in total. The Kier molecular flexibility index (Phi) is 5.18. The number of rotatable bonds is 3. The van der Waals surface area contributed by atoms with Gasteiger partial charge in [0.25, 0.3) is 5.91 Å². The van der Waals surface area contributed by atoms with E-state index in [-0.39, 0.29) is 5.91 Å². The molecule has 0 spiro atoms. The topological polar surface area (TPSA) is 41.5 Å². The highest BCUT2D eigenvalue weighted by atomic mass is 35.5. The SMILES string of the molecule is Cc1ccc(N=C2NC(=O)/C(=C/C=C/c3ccccc3)S2)cc1Cl. The summed E-state index contributed by atoms with van der Waals surface area (Å²) in [6.45, 7) is 1.94. The minimum absolute atomic E-state index is 0.144. The fourth-order valence-electron chi connectivity index (χ4n) is 2.07. The number of carbonyl (C=O) groups is 1. The van der Waals surface area contributed by atoms with Crippen LogP contribution in [0, 0.1) is 6.92 Å². The Morgan fingerprint density at radius 3 is 2.71 bits per heavy atom. The molecule has 0 atom stereocenters. The maximum atomic E-state index is 12.0. The summed E-state index contributed by atoms with van der Waals surface area (Å²) in [5.74, 6) is -0.144. The molecule has 3 nitrogen and oxygen atoms in total. The highest BCUT2D eigenvalue weighted by molar-refractivity contribution is 8.18. The Labute approximate surface area is 150 Å². The quantitative estimate of drug-likeness (QED) is 0.779. The van der Waals surface area contributed by atoms with Gasteiger partial charge >= 0.3 is 0 Å². The zero-order chi connectivity index (χ0) is 16.9. The Morgan fingerprint density at radius 2 is 1.96 bits per heavy atom. The lowest BCUT2D eigenvalue weighted by atomic mass is 10.2. The van der Waals surface area contributed by atoms with E-state index >= 15 is 0 Å². The molecule has 3 rings (SSSR count). The number of aliphatic imine (C=N–C) groups is 1. The monoisotopic (exact) mass is 354 g/mol. The summed E-state index contributed by atoms with van der Waals surface area (Å²) < 4.78 is 0. The number of aryl methyl sites for hydroxylation is 1. The van der Waals surface area contributed by atoms with Gasteiger partial charge in [-0.3, -0.25) is 4.79 Å². The molecule has 0 unspecified atom stereocenters. The van der Waals surface area contributed by atoms with Crippen molar-refractivity contribution in [2.75, 3.05) is 0 Å². The van der Waals surface area contributed by atoms with Gasteiger partial charge in [-0.1, -0.05) is 60.2 Å². The molecule has 2 aromatic rings. The highest BCUT2D eigenvalue weighted by Gasteiger charge is 2.23. The zero-order valence-electron chi connectivity index (χ0n) is 13.0. The van der Waals surface area contributed by atoms with Crippen molar-refractivity contribution in [3.05, 3.63) is 81.7 Å². The third-order valence-electron chi connectivity index (χ3n) is 3.37. The van der Waals surface area contributed by atoms with Crippen molar-refractivity contribution in [3.63, 3.8) is 0 Å². The van der Waals surface area contributed by atoms with Crippen LogP contribution in [0.2, 0.25) is 5.02 Å². The van der Waals surface area contributed by atoms with Crippen LogP contribution >= 0.6 is 23.4 Å². The average molecular weight is 355 g/mol. The predicted octanol–water partition coefficient (Wildman–Crippen LogP) is 5.10. The second kappa shape index (κ2) is 7.51. The average Bonchev–Trinajstić information content (AvgIpc) is 2.92. The van der Waals surface area contributed by atoms with Crippen molar-refractivity contribution in [2.24, 2.45) is 4.99 Å². The molecule has 2 aromatic carbocycles. The Balaban J connectivity index is 1.73. The molecular formula is C19H15ClN2OS. The van der Waals surface area contributed by atoms with Crippen LogP contribution in [0.5, 0.6) is 0 Å².